The Kier molecular flexibility index (Phi) is 7.91. The predicted molar refractivity (Wildman–Crippen MR) is 98.6 cm³/mol. The summed E-state index contributed by atoms with van der Waals surface area (Å²) in [5, 5.41) is 0. The summed E-state index contributed by atoms with van der Waals surface area (Å²) in [4.78, 5) is 27.4. The van der Waals surface area contributed by atoms with Gasteiger partial charge in [-0.05, 0) is 52.6 Å². The Morgan fingerprint density at radius 2 is 1.84 bits per heavy atom. The SMILES string of the molecule is CC(C)[C@H](COC1CCN(C(=O)C#CC(C)(C)N(C)C)CC1)C(N)=O. The van der Waals surface area contributed by atoms with Crippen molar-refractivity contribution in [3.8, 4) is 11.8 Å². The number of piperidine rings is 1. The van der Waals surface area contributed by atoms with Gasteiger partial charge in [0, 0.05) is 13.1 Å². The first-order chi connectivity index (χ1) is 11.5. The Labute approximate surface area is 152 Å². The lowest BCUT2D eigenvalue weighted by Crippen LogP contribution is -2.42. The number of primary amides is 1. The lowest BCUT2D eigenvalue weighted by Gasteiger charge is -2.32. The third-order valence-electron chi connectivity index (χ3n) is 5.00. The zero-order valence-electron chi connectivity index (χ0n) is 16.5. The molecule has 0 aromatic carbocycles. The number of amides is 2. The van der Waals surface area contributed by atoms with Crippen LogP contribution in [0, 0.1) is 23.7 Å². The molecule has 6 heteroatoms. The molecule has 0 saturated carbocycles. The molecule has 142 valence electrons. The number of rotatable bonds is 6. The summed E-state index contributed by atoms with van der Waals surface area (Å²) in [5.41, 5.74) is 5.08. The van der Waals surface area contributed by atoms with E-state index in [-0.39, 0.29) is 35.3 Å². The highest BCUT2D eigenvalue weighted by Gasteiger charge is 2.26. The van der Waals surface area contributed by atoms with Crippen LogP contribution >= 0.6 is 0 Å². The number of carbonyl (C=O) groups is 2. The molecule has 2 N–H and O–H groups in total. The number of hydrogen-bond acceptors (Lipinski definition) is 4. The second-order valence-corrected chi connectivity index (χ2v) is 7.78. The molecular weight excluding hydrogens is 318 g/mol. The topological polar surface area (TPSA) is 75.9 Å². The maximum atomic E-state index is 12.3. The van der Waals surface area contributed by atoms with Crippen molar-refractivity contribution in [3.63, 3.8) is 0 Å². The Balaban J connectivity index is 2.47. The van der Waals surface area contributed by atoms with Crippen molar-refractivity contribution < 1.29 is 14.3 Å². The highest BCUT2D eigenvalue weighted by atomic mass is 16.5. The van der Waals surface area contributed by atoms with Crippen molar-refractivity contribution in [2.75, 3.05) is 33.8 Å². The van der Waals surface area contributed by atoms with Crippen LogP contribution < -0.4 is 5.73 Å². The molecule has 0 aromatic heterocycles. The van der Waals surface area contributed by atoms with Crippen LogP contribution in [0.5, 0.6) is 0 Å². The zero-order valence-corrected chi connectivity index (χ0v) is 16.5. The van der Waals surface area contributed by atoms with Gasteiger partial charge in [0.05, 0.1) is 24.2 Å². The molecule has 1 atom stereocenters. The van der Waals surface area contributed by atoms with E-state index in [0.29, 0.717) is 19.7 Å². The standard InChI is InChI=1S/C19H33N3O3/c1-14(2)16(18(20)24)13-25-15-8-11-22(12-9-15)17(23)7-10-19(3,4)21(5)6/h14-16H,8-9,11-13H2,1-6H3,(H2,20,24)/t16-/m0/s1. The fraction of sp³-hybridized carbons (Fsp3) is 0.789. The van der Waals surface area contributed by atoms with E-state index in [1.165, 1.54) is 0 Å². The second-order valence-electron chi connectivity index (χ2n) is 7.78. The Bertz CT molecular complexity index is 524. The molecule has 1 saturated heterocycles. The van der Waals surface area contributed by atoms with E-state index in [1.54, 1.807) is 4.90 Å². The van der Waals surface area contributed by atoms with Crippen LogP contribution in [0.3, 0.4) is 0 Å². The molecule has 1 heterocycles. The van der Waals surface area contributed by atoms with E-state index in [2.05, 4.69) is 11.8 Å². The van der Waals surface area contributed by atoms with Crippen LogP contribution in [0.15, 0.2) is 0 Å². The molecule has 2 amide bonds. The van der Waals surface area contributed by atoms with Gasteiger partial charge in [0.25, 0.3) is 5.91 Å². The highest BCUT2D eigenvalue weighted by Crippen LogP contribution is 2.18. The first kappa shape index (κ1) is 21.5. The first-order valence-corrected chi connectivity index (χ1v) is 8.95. The summed E-state index contributed by atoms with van der Waals surface area (Å²) in [5.74, 6) is 5.24. The van der Waals surface area contributed by atoms with E-state index >= 15 is 0 Å². The molecule has 1 aliphatic heterocycles. The molecule has 6 nitrogen and oxygen atoms in total. The van der Waals surface area contributed by atoms with Crippen LogP contribution in [0.4, 0.5) is 0 Å². The molecule has 0 radical (unpaired) electrons. The van der Waals surface area contributed by atoms with Crippen molar-refractivity contribution >= 4 is 11.8 Å². The molecule has 0 unspecified atom stereocenters. The van der Waals surface area contributed by atoms with Crippen molar-refractivity contribution in [2.45, 2.75) is 52.2 Å². The lowest BCUT2D eigenvalue weighted by molar-refractivity contribution is -0.129. The summed E-state index contributed by atoms with van der Waals surface area (Å²) in [7, 11) is 3.89. The fourth-order valence-electron chi connectivity index (χ4n) is 2.47. The lowest BCUT2D eigenvalue weighted by atomic mass is 9.96. The van der Waals surface area contributed by atoms with Crippen LogP contribution in [0.2, 0.25) is 0 Å². The van der Waals surface area contributed by atoms with E-state index in [9.17, 15) is 9.59 Å². The maximum absolute atomic E-state index is 12.3. The summed E-state index contributed by atoms with van der Waals surface area (Å²) in [6.45, 7) is 9.51. The molecule has 0 spiro atoms. The van der Waals surface area contributed by atoms with E-state index in [1.807, 2.05) is 46.7 Å². The van der Waals surface area contributed by atoms with Gasteiger partial charge in [0.1, 0.15) is 0 Å². The van der Waals surface area contributed by atoms with Gasteiger partial charge in [-0.1, -0.05) is 19.8 Å². The zero-order chi connectivity index (χ0) is 19.2. The van der Waals surface area contributed by atoms with Gasteiger partial charge in [-0.2, -0.15) is 0 Å². The van der Waals surface area contributed by atoms with Crippen molar-refractivity contribution in [3.05, 3.63) is 0 Å². The van der Waals surface area contributed by atoms with Gasteiger partial charge in [-0.15, -0.1) is 0 Å². The van der Waals surface area contributed by atoms with Gasteiger partial charge in [-0.3, -0.25) is 14.5 Å². The van der Waals surface area contributed by atoms with Crippen LogP contribution in [0.25, 0.3) is 0 Å². The third-order valence-corrected chi connectivity index (χ3v) is 5.00. The minimum absolute atomic E-state index is 0.0656. The van der Waals surface area contributed by atoms with E-state index in [0.717, 1.165) is 12.8 Å². The first-order valence-electron chi connectivity index (χ1n) is 8.95. The highest BCUT2D eigenvalue weighted by molar-refractivity contribution is 5.93. The fourth-order valence-corrected chi connectivity index (χ4v) is 2.47. The Morgan fingerprint density at radius 1 is 1.28 bits per heavy atom. The molecule has 1 aliphatic rings. The molecule has 0 bridgehead atoms. The van der Waals surface area contributed by atoms with Gasteiger partial charge in [-0.25, -0.2) is 0 Å². The smallest absolute Gasteiger partial charge is 0.298 e. The second kappa shape index (κ2) is 9.21. The summed E-state index contributed by atoms with van der Waals surface area (Å²) < 4.78 is 5.86. The minimum atomic E-state index is -0.336. The largest absolute Gasteiger partial charge is 0.377 e. The Morgan fingerprint density at radius 3 is 2.28 bits per heavy atom. The molecule has 25 heavy (non-hydrogen) atoms. The normalized spacial score (nSPS) is 17.4. The third kappa shape index (κ3) is 6.68. The molecule has 0 aromatic rings. The van der Waals surface area contributed by atoms with Gasteiger partial charge in [0.15, 0.2) is 0 Å². The number of nitrogens with zero attached hydrogens (tertiary/aromatic N) is 2. The quantitative estimate of drug-likeness (QED) is 0.727. The molecule has 1 rings (SSSR count). The number of ether oxygens (including phenoxy) is 1. The van der Waals surface area contributed by atoms with Gasteiger partial charge in [0.2, 0.25) is 5.91 Å². The van der Waals surface area contributed by atoms with E-state index < -0.39 is 0 Å². The van der Waals surface area contributed by atoms with Gasteiger partial charge >= 0.3 is 0 Å². The van der Waals surface area contributed by atoms with Crippen LogP contribution in [-0.4, -0.2) is 67.0 Å². The van der Waals surface area contributed by atoms with Gasteiger partial charge < -0.3 is 15.4 Å². The molecular formula is C19H33N3O3. The summed E-state index contributed by atoms with van der Waals surface area (Å²) in [6, 6.07) is 0. The van der Waals surface area contributed by atoms with Crippen LogP contribution in [0.1, 0.15) is 40.5 Å². The number of hydrogen-bond donors (Lipinski definition) is 1. The minimum Gasteiger partial charge on any atom is -0.377 e. The van der Waals surface area contributed by atoms with Crippen molar-refractivity contribution in [1.29, 1.82) is 0 Å². The maximum Gasteiger partial charge on any atom is 0.298 e. The molecule has 0 aliphatic carbocycles. The van der Waals surface area contributed by atoms with E-state index in [4.69, 9.17) is 10.5 Å². The monoisotopic (exact) mass is 351 g/mol. The average Bonchev–Trinajstić information content (AvgIpc) is 2.52. The number of nitrogens with two attached hydrogens (primary N) is 1. The molecule has 1 fully saturated rings. The van der Waals surface area contributed by atoms with Crippen LogP contribution in [-0.2, 0) is 14.3 Å². The average molecular weight is 351 g/mol. The summed E-state index contributed by atoms with van der Waals surface area (Å²) in [6.07, 6.45) is 1.58. The number of likely N-dealkylation sites (tertiary alicyclic amines) is 1. The Hall–Kier alpha value is -1.58. The number of carbonyl (C=O) groups excluding carboxylic acids is 2. The van der Waals surface area contributed by atoms with Crippen molar-refractivity contribution in [1.82, 2.24) is 9.80 Å². The predicted octanol–water partition coefficient (Wildman–Crippen LogP) is 1.10. The van der Waals surface area contributed by atoms with Crippen molar-refractivity contribution in [2.24, 2.45) is 17.6 Å². The summed E-state index contributed by atoms with van der Waals surface area (Å²) >= 11 is 0.